The molecule has 0 bridgehead atoms. The molecule has 8 heteroatoms. The van der Waals surface area contributed by atoms with Crippen LogP contribution in [-0.4, -0.2) is 51.1 Å². The zero-order chi connectivity index (χ0) is 18.4. The van der Waals surface area contributed by atoms with Crippen LogP contribution in [0.25, 0.3) is 5.82 Å². The second-order valence-corrected chi connectivity index (χ2v) is 8.34. The van der Waals surface area contributed by atoms with E-state index >= 15 is 0 Å². The molecule has 0 saturated carbocycles. The molecule has 0 atom stereocenters. The Morgan fingerprint density at radius 1 is 0.926 bits per heavy atom. The van der Waals surface area contributed by atoms with E-state index in [2.05, 4.69) is 25.1 Å². The number of fused-ring (bicyclic) bond motifs is 1. The molecule has 3 aromatic heterocycles. The summed E-state index contributed by atoms with van der Waals surface area (Å²) in [5.41, 5.74) is 3.39. The summed E-state index contributed by atoms with van der Waals surface area (Å²) in [6, 6.07) is 6.09. The van der Waals surface area contributed by atoms with Gasteiger partial charge in [0.2, 0.25) is 0 Å². The highest BCUT2D eigenvalue weighted by Gasteiger charge is 2.24. The molecule has 0 N–H and O–H groups in total. The molecule has 1 saturated heterocycles. The molecule has 1 fully saturated rings. The monoisotopic (exact) mass is 381 g/mol. The topological polar surface area (TPSA) is 63.0 Å². The average molecular weight is 382 g/mol. The van der Waals surface area contributed by atoms with Crippen molar-refractivity contribution in [2.24, 2.45) is 0 Å². The van der Waals surface area contributed by atoms with Crippen LogP contribution >= 0.6 is 11.3 Å². The molecular formula is C19H23N7S. The van der Waals surface area contributed by atoms with Crippen LogP contribution in [0.2, 0.25) is 0 Å². The van der Waals surface area contributed by atoms with E-state index in [0.29, 0.717) is 0 Å². The Kier molecular flexibility index (Phi) is 4.07. The zero-order valence-corrected chi connectivity index (χ0v) is 16.5. The summed E-state index contributed by atoms with van der Waals surface area (Å²) in [7, 11) is 0. The maximum atomic E-state index is 4.86. The van der Waals surface area contributed by atoms with Gasteiger partial charge in [0.25, 0.3) is 0 Å². The van der Waals surface area contributed by atoms with Gasteiger partial charge in [-0.25, -0.2) is 9.67 Å². The number of aromatic nitrogens is 5. The van der Waals surface area contributed by atoms with Gasteiger partial charge in [-0.3, -0.25) is 0 Å². The third-order valence-electron chi connectivity index (χ3n) is 5.32. The molecular weight excluding hydrogens is 358 g/mol. The van der Waals surface area contributed by atoms with Gasteiger partial charge in [0, 0.05) is 36.8 Å². The van der Waals surface area contributed by atoms with E-state index in [1.54, 1.807) is 0 Å². The Hall–Kier alpha value is -2.48. The molecule has 3 aromatic rings. The van der Waals surface area contributed by atoms with Crippen LogP contribution in [0.15, 0.2) is 18.2 Å². The normalized spacial score (nSPS) is 16.8. The Bertz CT molecular complexity index is 930. The minimum Gasteiger partial charge on any atom is -0.352 e. The summed E-state index contributed by atoms with van der Waals surface area (Å²) in [6.45, 7) is 7.86. The molecule has 27 heavy (non-hydrogen) atoms. The minimum absolute atomic E-state index is 0.764. The summed E-state index contributed by atoms with van der Waals surface area (Å²) in [6.07, 6.45) is 3.64. The van der Waals surface area contributed by atoms with Gasteiger partial charge in [-0.2, -0.15) is 5.10 Å². The van der Waals surface area contributed by atoms with Crippen LogP contribution in [0.4, 0.5) is 10.9 Å². The van der Waals surface area contributed by atoms with E-state index in [-0.39, 0.29) is 0 Å². The summed E-state index contributed by atoms with van der Waals surface area (Å²) in [4.78, 5) is 11.1. The minimum atomic E-state index is 0.764. The van der Waals surface area contributed by atoms with Crippen LogP contribution < -0.4 is 9.80 Å². The smallest absolute Gasteiger partial charge is 0.185 e. The molecule has 0 amide bonds. The zero-order valence-electron chi connectivity index (χ0n) is 15.7. The number of rotatable bonds is 3. The van der Waals surface area contributed by atoms with Crippen molar-refractivity contribution in [3.63, 3.8) is 0 Å². The van der Waals surface area contributed by atoms with Gasteiger partial charge >= 0.3 is 0 Å². The lowest BCUT2D eigenvalue weighted by atomic mass is 10.3. The van der Waals surface area contributed by atoms with Crippen LogP contribution in [0.5, 0.6) is 0 Å². The predicted molar refractivity (Wildman–Crippen MR) is 107 cm³/mol. The van der Waals surface area contributed by atoms with Gasteiger partial charge in [-0.1, -0.05) is 0 Å². The number of thiazole rings is 1. The van der Waals surface area contributed by atoms with Crippen molar-refractivity contribution in [2.45, 2.75) is 33.1 Å². The van der Waals surface area contributed by atoms with E-state index in [9.17, 15) is 0 Å². The number of hydrogen-bond acceptors (Lipinski definition) is 7. The summed E-state index contributed by atoms with van der Waals surface area (Å²) in [5.74, 6) is 1.70. The van der Waals surface area contributed by atoms with Crippen LogP contribution in [0, 0.1) is 13.8 Å². The van der Waals surface area contributed by atoms with Crippen molar-refractivity contribution < 1.29 is 0 Å². The lowest BCUT2D eigenvalue weighted by Gasteiger charge is -2.35. The van der Waals surface area contributed by atoms with E-state index in [4.69, 9.17) is 4.98 Å². The summed E-state index contributed by atoms with van der Waals surface area (Å²) in [5, 5.41) is 14.5. The first-order valence-electron chi connectivity index (χ1n) is 9.53. The molecule has 0 spiro atoms. The number of piperazine rings is 1. The van der Waals surface area contributed by atoms with Crippen molar-refractivity contribution >= 4 is 22.3 Å². The molecule has 4 heterocycles. The number of anilines is 2. The van der Waals surface area contributed by atoms with Gasteiger partial charge in [0.15, 0.2) is 16.8 Å². The Balaban J connectivity index is 1.26. The van der Waals surface area contributed by atoms with E-state index in [0.717, 1.165) is 55.6 Å². The number of aryl methyl sites for hydroxylation is 4. The van der Waals surface area contributed by atoms with E-state index in [1.807, 2.05) is 48.1 Å². The maximum Gasteiger partial charge on any atom is 0.185 e. The van der Waals surface area contributed by atoms with Crippen molar-refractivity contribution in [3.8, 4) is 5.82 Å². The van der Waals surface area contributed by atoms with Gasteiger partial charge < -0.3 is 9.80 Å². The second kappa shape index (κ2) is 6.60. The Labute approximate surface area is 162 Å². The summed E-state index contributed by atoms with van der Waals surface area (Å²) >= 11 is 1.89. The highest BCUT2D eigenvalue weighted by Crippen LogP contribution is 2.33. The van der Waals surface area contributed by atoms with Gasteiger partial charge in [0.05, 0.1) is 11.4 Å². The van der Waals surface area contributed by atoms with Crippen molar-refractivity contribution in [3.05, 3.63) is 40.2 Å². The molecule has 140 valence electrons. The lowest BCUT2D eigenvalue weighted by molar-refractivity contribution is 0.640. The molecule has 0 aromatic carbocycles. The third-order valence-corrected chi connectivity index (χ3v) is 6.54. The van der Waals surface area contributed by atoms with Crippen molar-refractivity contribution in [1.82, 2.24) is 25.0 Å². The molecule has 0 unspecified atom stereocenters. The number of nitrogens with zero attached hydrogens (tertiary/aromatic N) is 7. The largest absolute Gasteiger partial charge is 0.352 e. The van der Waals surface area contributed by atoms with E-state index < -0.39 is 0 Å². The first-order chi connectivity index (χ1) is 13.2. The van der Waals surface area contributed by atoms with Crippen LogP contribution in [-0.2, 0) is 12.8 Å². The van der Waals surface area contributed by atoms with Gasteiger partial charge in [-0.15, -0.1) is 21.5 Å². The highest BCUT2D eigenvalue weighted by atomic mass is 32.1. The van der Waals surface area contributed by atoms with Crippen molar-refractivity contribution in [2.75, 3.05) is 36.0 Å². The fourth-order valence-corrected chi connectivity index (χ4v) is 5.10. The quantitative estimate of drug-likeness (QED) is 0.695. The second-order valence-electron chi connectivity index (χ2n) is 7.28. The van der Waals surface area contributed by atoms with Crippen molar-refractivity contribution in [1.29, 1.82) is 0 Å². The van der Waals surface area contributed by atoms with Gasteiger partial charge in [0.1, 0.15) is 0 Å². The standard InChI is InChI=1S/C19H23N7S/c1-13-12-14(2)26(23-13)18-7-6-17(21-22-18)24-8-10-25(11-9-24)19-20-15-4-3-5-16(15)27-19/h6-7,12H,3-5,8-11H2,1-2H3. The van der Waals surface area contributed by atoms with Crippen LogP contribution in [0.3, 0.4) is 0 Å². The maximum absolute atomic E-state index is 4.86. The summed E-state index contributed by atoms with van der Waals surface area (Å²) < 4.78 is 1.84. The molecule has 0 radical (unpaired) electrons. The number of hydrogen-bond donors (Lipinski definition) is 0. The first kappa shape index (κ1) is 16.7. The molecule has 1 aliphatic carbocycles. The fraction of sp³-hybridized carbons (Fsp3) is 0.474. The predicted octanol–water partition coefficient (Wildman–Crippen LogP) is 2.55. The molecule has 1 aliphatic heterocycles. The highest BCUT2D eigenvalue weighted by molar-refractivity contribution is 7.15. The molecule has 7 nitrogen and oxygen atoms in total. The van der Waals surface area contributed by atoms with E-state index in [1.165, 1.54) is 28.5 Å². The molecule has 5 rings (SSSR count). The third kappa shape index (κ3) is 3.07. The lowest BCUT2D eigenvalue weighted by Crippen LogP contribution is -2.46. The molecule has 2 aliphatic rings. The SMILES string of the molecule is Cc1cc(C)n(-c2ccc(N3CCN(c4nc5c(s4)CCC5)CC3)nn2)n1. The van der Waals surface area contributed by atoms with Gasteiger partial charge in [-0.05, 0) is 51.3 Å². The average Bonchev–Trinajstić information content (AvgIpc) is 3.37. The first-order valence-corrected chi connectivity index (χ1v) is 10.3. The van der Waals surface area contributed by atoms with Crippen LogP contribution in [0.1, 0.15) is 28.4 Å². The Morgan fingerprint density at radius 2 is 1.67 bits per heavy atom. The Morgan fingerprint density at radius 3 is 2.33 bits per heavy atom. The fourth-order valence-electron chi connectivity index (χ4n) is 3.90.